The van der Waals surface area contributed by atoms with Crippen LogP contribution < -0.4 is 10.6 Å². The Morgan fingerprint density at radius 1 is 1.69 bits per heavy atom. The summed E-state index contributed by atoms with van der Waals surface area (Å²) in [6, 6.07) is 0.251. The number of piperidine rings is 1. The van der Waals surface area contributed by atoms with Crippen LogP contribution in [-0.2, 0) is 7.05 Å². The summed E-state index contributed by atoms with van der Waals surface area (Å²) < 4.78 is 1.67. The van der Waals surface area contributed by atoms with Crippen LogP contribution in [0.2, 0.25) is 0 Å². The molecule has 1 aromatic rings. The lowest BCUT2D eigenvalue weighted by molar-refractivity contribution is 0.0930. The van der Waals surface area contributed by atoms with Crippen molar-refractivity contribution in [1.82, 2.24) is 20.4 Å². The van der Waals surface area contributed by atoms with Crippen LogP contribution in [0.3, 0.4) is 0 Å². The van der Waals surface area contributed by atoms with Crippen LogP contribution in [-0.4, -0.2) is 34.8 Å². The van der Waals surface area contributed by atoms with Gasteiger partial charge in [0.15, 0.2) is 0 Å². The molecule has 0 aromatic carbocycles. The third-order valence-electron chi connectivity index (χ3n) is 2.89. The number of hydrogen-bond donors (Lipinski definition) is 2. The molecule has 16 heavy (non-hydrogen) atoms. The number of nitrogens with zero attached hydrogens (tertiary/aromatic N) is 2. The summed E-state index contributed by atoms with van der Waals surface area (Å²) in [5, 5.41) is 10.5. The molecule has 1 unspecified atom stereocenters. The van der Waals surface area contributed by atoms with Gasteiger partial charge in [0, 0.05) is 25.8 Å². The van der Waals surface area contributed by atoms with E-state index >= 15 is 0 Å². The van der Waals surface area contributed by atoms with Gasteiger partial charge in [-0.3, -0.25) is 9.48 Å². The standard InChI is InChI=1S/C11H18N4O/c1-8-10(7-15(2)14-8)11(16)13-9-4-3-5-12-6-9/h7,9,12H,3-6H2,1-2H3,(H,13,16). The first kappa shape index (κ1) is 11.1. The number of aryl methyl sites for hydroxylation is 2. The molecule has 5 nitrogen and oxygen atoms in total. The molecule has 0 saturated carbocycles. The lowest BCUT2D eigenvalue weighted by Crippen LogP contribution is -2.45. The van der Waals surface area contributed by atoms with E-state index in [4.69, 9.17) is 0 Å². The van der Waals surface area contributed by atoms with Crippen molar-refractivity contribution >= 4 is 5.91 Å². The third kappa shape index (κ3) is 2.41. The summed E-state index contributed by atoms with van der Waals surface area (Å²) >= 11 is 0. The zero-order valence-electron chi connectivity index (χ0n) is 9.79. The number of carbonyl (C=O) groups is 1. The molecule has 0 aliphatic carbocycles. The maximum atomic E-state index is 12.0. The van der Waals surface area contributed by atoms with E-state index in [9.17, 15) is 4.79 Å². The van der Waals surface area contributed by atoms with E-state index in [0.29, 0.717) is 5.56 Å². The molecular weight excluding hydrogens is 204 g/mol. The van der Waals surface area contributed by atoms with Gasteiger partial charge in [-0.25, -0.2) is 0 Å². The van der Waals surface area contributed by atoms with Crippen molar-refractivity contribution in [2.45, 2.75) is 25.8 Å². The first-order chi connectivity index (χ1) is 7.66. The van der Waals surface area contributed by atoms with E-state index in [1.165, 1.54) is 0 Å². The molecule has 1 saturated heterocycles. The highest BCUT2D eigenvalue weighted by molar-refractivity contribution is 5.95. The SMILES string of the molecule is Cc1nn(C)cc1C(=O)NC1CCCNC1. The van der Waals surface area contributed by atoms with Crippen LogP contribution in [0.15, 0.2) is 6.20 Å². The minimum atomic E-state index is -0.0145. The first-order valence-electron chi connectivity index (χ1n) is 5.68. The quantitative estimate of drug-likeness (QED) is 0.752. The van der Waals surface area contributed by atoms with Crippen molar-refractivity contribution in [3.63, 3.8) is 0 Å². The Bertz CT molecular complexity index is 379. The van der Waals surface area contributed by atoms with Crippen molar-refractivity contribution in [2.75, 3.05) is 13.1 Å². The zero-order valence-corrected chi connectivity index (χ0v) is 9.79. The lowest BCUT2D eigenvalue weighted by atomic mass is 10.1. The Balaban J connectivity index is 1.99. The predicted octanol–water partition coefficient (Wildman–Crippen LogP) is 0.210. The summed E-state index contributed by atoms with van der Waals surface area (Å²) in [6.07, 6.45) is 3.94. The largest absolute Gasteiger partial charge is 0.348 e. The van der Waals surface area contributed by atoms with Crippen LogP contribution in [0, 0.1) is 6.92 Å². The lowest BCUT2D eigenvalue weighted by Gasteiger charge is -2.23. The molecule has 1 aromatic heterocycles. The molecule has 1 amide bonds. The predicted molar refractivity (Wildman–Crippen MR) is 61.3 cm³/mol. The average molecular weight is 222 g/mol. The Hall–Kier alpha value is -1.36. The first-order valence-corrected chi connectivity index (χ1v) is 5.68. The number of amides is 1. The summed E-state index contributed by atoms with van der Waals surface area (Å²) in [7, 11) is 1.83. The van der Waals surface area contributed by atoms with Crippen molar-refractivity contribution in [3.05, 3.63) is 17.5 Å². The number of nitrogens with one attached hydrogen (secondary N) is 2. The van der Waals surface area contributed by atoms with Crippen molar-refractivity contribution < 1.29 is 4.79 Å². The molecule has 5 heteroatoms. The van der Waals surface area contributed by atoms with E-state index < -0.39 is 0 Å². The highest BCUT2D eigenvalue weighted by atomic mass is 16.1. The van der Waals surface area contributed by atoms with Gasteiger partial charge < -0.3 is 10.6 Å². The minimum Gasteiger partial charge on any atom is -0.348 e. The van der Waals surface area contributed by atoms with E-state index in [2.05, 4.69) is 15.7 Å². The molecule has 1 atom stereocenters. The fourth-order valence-corrected chi connectivity index (χ4v) is 2.06. The molecule has 1 aliphatic heterocycles. The van der Waals surface area contributed by atoms with Crippen LogP contribution >= 0.6 is 0 Å². The summed E-state index contributed by atoms with van der Waals surface area (Å²) in [4.78, 5) is 12.0. The maximum Gasteiger partial charge on any atom is 0.255 e. The monoisotopic (exact) mass is 222 g/mol. The number of hydrogen-bond acceptors (Lipinski definition) is 3. The smallest absolute Gasteiger partial charge is 0.255 e. The fourth-order valence-electron chi connectivity index (χ4n) is 2.06. The van der Waals surface area contributed by atoms with E-state index in [-0.39, 0.29) is 11.9 Å². The van der Waals surface area contributed by atoms with E-state index in [1.807, 2.05) is 14.0 Å². The molecule has 88 valence electrons. The van der Waals surface area contributed by atoms with E-state index in [0.717, 1.165) is 31.6 Å². The molecule has 2 rings (SSSR count). The highest BCUT2D eigenvalue weighted by Gasteiger charge is 2.18. The van der Waals surface area contributed by atoms with Gasteiger partial charge in [-0.15, -0.1) is 0 Å². The van der Waals surface area contributed by atoms with Gasteiger partial charge in [-0.05, 0) is 26.3 Å². The average Bonchev–Trinajstić information content (AvgIpc) is 2.59. The second-order valence-electron chi connectivity index (χ2n) is 4.32. The van der Waals surface area contributed by atoms with Crippen LogP contribution in [0.1, 0.15) is 28.9 Å². The maximum absolute atomic E-state index is 12.0. The molecule has 0 bridgehead atoms. The number of aromatic nitrogens is 2. The van der Waals surface area contributed by atoms with Crippen LogP contribution in [0.4, 0.5) is 0 Å². The Kier molecular flexibility index (Phi) is 3.24. The molecule has 2 N–H and O–H groups in total. The summed E-state index contributed by atoms with van der Waals surface area (Å²) in [6.45, 7) is 3.78. The van der Waals surface area contributed by atoms with Gasteiger partial charge in [-0.1, -0.05) is 0 Å². The normalized spacial score (nSPS) is 20.8. The molecule has 2 heterocycles. The molecule has 1 fully saturated rings. The Morgan fingerprint density at radius 2 is 2.50 bits per heavy atom. The number of rotatable bonds is 2. The van der Waals surface area contributed by atoms with Gasteiger partial charge in [0.2, 0.25) is 0 Å². The Labute approximate surface area is 95.2 Å². The van der Waals surface area contributed by atoms with Gasteiger partial charge in [-0.2, -0.15) is 5.10 Å². The van der Waals surface area contributed by atoms with Gasteiger partial charge >= 0.3 is 0 Å². The molecule has 0 spiro atoms. The third-order valence-corrected chi connectivity index (χ3v) is 2.89. The van der Waals surface area contributed by atoms with Crippen LogP contribution in [0.25, 0.3) is 0 Å². The minimum absolute atomic E-state index is 0.0145. The van der Waals surface area contributed by atoms with Gasteiger partial charge in [0.25, 0.3) is 5.91 Å². The second kappa shape index (κ2) is 4.65. The molecular formula is C11H18N4O. The van der Waals surface area contributed by atoms with Gasteiger partial charge in [0.1, 0.15) is 0 Å². The summed E-state index contributed by atoms with van der Waals surface area (Å²) in [5.74, 6) is -0.0145. The Morgan fingerprint density at radius 3 is 3.06 bits per heavy atom. The molecule has 1 aliphatic rings. The van der Waals surface area contributed by atoms with Crippen molar-refractivity contribution in [2.24, 2.45) is 7.05 Å². The van der Waals surface area contributed by atoms with Crippen molar-refractivity contribution in [1.29, 1.82) is 0 Å². The summed E-state index contributed by atoms with van der Waals surface area (Å²) in [5.41, 5.74) is 1.46. The fraction of sp³-hybridized carbons (Fsp3) is 0.636. The highest BCUT2D eigenvalue weighted by Crippen LogP contribution is 2.07. The van der Waals surface area contributed by atoms with E-state index in [1.54, 1.807) is 10.9 Å². The second-order valence-corrected chi connectivity index (χ2v) is 4.32. The molecule has 0 radical (unpaired) electrons. The number of carbonyl (C=O) groups excluding carboxylic acids is 1. The van der Waals surface area contributed by atoms with Crippen LogP contribution in [0.5, 0.6) is 0 Å². The van der Waals surface area contributed by atoms with Crippen molar-refractivity contribution in [3.8, 4) is 0 Å². The topological polar surface area (TPSA) is 59.0 Å². The van der Waals surface area contributed by atoms with Gasteiger partial charge in [0.05, 0.1) is 11.3 Å². The zero-order chi connectivity index (χ0) is 11.5.